The molecule has 3 saturated heterocycles. The van der Waals surface area contributed by atoms with Crippen LogP contribution in [0.2, 0.25) is 0 Å². The lowest BCUT2D eigenvalue weighted by molar-refractivity contribution is -0.149. The molecule has 0 aromatic carbocycles. The van der Waals surface area contributed by atoms with Crippen molar-refractivity contribution in [2.75, 3.05) is 32.8 Å². The highest BCUT2D eigenvalue weighted by Gasteiger charge is 2.48. The van der Waals surface area contributed by atoms with E-state index in [0.29, 0.717) is 12.3 Å². The summed E-state index contributed by atoms with van der Waals surface area (Å²) >= 11 is 0. The highest BCUT2D eigenvalue weighted by molar-refractivity contribution is 5.93. The standard InChI is InChI=1S/C22H29N3O3/c26-20(4-3-19-2-1-10-23-17-19)25-13-9-22(25)7-11-24(12-8-22)21(27)16-18-5-14-28-15-6-18/h1-4,10,17-18H,5-9,11-16H2/b4-3+. The van der Waals surface area contributed by atoms with Gasteiger partial charge in [-0.05, 0) is 55.7 Å². The summed E-state index contributed by atoms with van der Waals surface area (Å²) in [5.41, 5.74) is 0.880. The number of nitrogens with zero attached hydrogens (tertiary/aromatic N) is 3. The van der Waals surface area contributed by atoms with E-state index in [9.17, 15) is 9.59 Å². The number of ether oxygens (including phenoxy) is 1. The van der Waals surface area contributed by atoms with Gasteiger partial charge in [-0.25, -0.2) is 0 Å². The smallest absolute Gasteiger partial charge is 0.247 e. The summed E-state index contributed by atoms with van der Waals surface area (Å²) in [6.45, 7) is 3.90. The number of likely N-dealkylation sites (tertiary alicyclic amines) is 2. The van der Waals surface area contributed by atoms with Crippen LogP contribution in [0.25, 0.3) is 6.08 Å². The molecule has 6 heteroatoms. The van der Waals surface area contributed by atoms with Crippen LogP contribution in [0, 0.1) is 5.92 Å². The molecule has 6 nitrogen and oxygen atoms in total. The zero-order valence-electron chi connectivity index (χ0n) is 16.4. The van der Waals surface area contributed by atoms with E-state index in [1.807, 2.05) is 28.0 Å². The van der Waals surface area contributed by atoms with E-state index in [1.54, 1.807) is 18.5 Å². The second-order valence-corrected chi connectivity index (χ2v) is 8.22. The Kier molecular flexibility index (Phi) is 5.76. The molecule has 0 bridgehead atoms. The molecule has 150 valence electrons. The number of pyridine rings is 1. The van der Waals surface area contributed by atoms with E-state index in [-0.39, 0.29) is 17.4 Å². The van der Waals surface area contributed by atoms with Crippen LogP contribution in [0.4, 0.5) is 0 Å². The molecule has 4 heterocycles. The summed E-state index contributed by atoms with van der Waals surface area (Å²) in [7, 11) is 0. The van der Waals surface area contributed by atoms with Gasteiger partial charge in [0, 0.05) is 63.3 Å². The molecule has 0 unspecified atom stereocenters. The highest BCUT2D eigenvalue weighted by Crippen LogP contribution is 2.40. The van der Waals surface area contributed by atoms with Crippen LogP contribution in [0.1, 0.15) is 44.1 Å². The minimum absolute atomic E-state index is 0.0498. The van der Waals surface area contributed by atoms with Gasteiger partial charge in [-0.1, -0.05) is 6.07 Å². The number of aromatic nitrogens is 1. The van der Waals surface area contributed by atoms with Crippen LogP contribution in [0.3, 0.4) is 0 Å². The van der Waals surface area contributed by atoms with Crippen LogP contribution in [0.5, 0.6) is 0 Å². The van der Waals surface area contributed by atoms with Gasteiger partial charge < -0.3 is 14.5 Å². The van der Waals surface area contributed by atoms with Crippen molar-refractivity contribution in [3.63, 3.8) is 0 Å². The number of piperidine rings is 1. The monoisotopic (exact) mass is 383 g/mol. The van der Waals surface area contributed by atoms with Gasteiger partial charge >= 0.3 is 0 Å². The second-order valence-electron chi connectivity index (χ2n) is 8.22. The first-order chi connectivity index (χ1) is 13.7. The minimum atomic E-state index is -0.0498. The molecular formula is C22H29N3O3. The molecule has 0 radical (unpaired) electrons. The van der Waals surface area contributed by atoms with Gasteiger partial charge in [-0.15, -0.1) is 0 Å². The van der Waals surface area contributed by atoms with Crippen molar-refractivity contribution >= 4 is 17.9 Å². The zero-order valence-corrected chi connectivity index (χ0v) is 16.4. The average molecular weight is 383 g/mol. The van der Waals surface area contributed by atoms with Crippen molar-refractivity contribution in [3.8, 4) is 0 Å². The van der Waals surface area contributed by atoms with Crippen LogP contribution < -0.4 is 0 Å². The predicted molar refractivity (Wildman–Crippen MR) is 106 cm³/mol. The Morgan fingerprint density at radius 3 is 2.57 bits per heavy atom. The Bertz CT molecular complexity index is 720. The van der Waals surface area contributed by atoms with E-state index in [1.165, 1.54) is 0 Å². The number of amides is 2. The van der Waals surface area contributed by atoms with Crippen molar-refractivity contribution in [2.45, 2.75) is 44.1 Å². The molecule has 3 aliphatic heterocycles. The van der Waals surface area contributed by atoms with E-state index in [2.05, 4.69) is 4.98 Å². The lowest BCUT2D eigenvalue weighted by Crippen LogP contribution is -2.65. The van der Waals surface area contributed by atoms with E-state index in [0.717, 1.165) is 70.5 Å². The van der Waals surface area contributed by atoms with Gasteiger partial charge in [0.15, 0.2) is 0 Å². The fraction of sp³-hybridized carbons (Fsp3) is 0.591. The van der Waals surface area contributed by atoms with Crippen molar-refractivity contribution in [3.05, 3.63) is 36.2 Å². The van der Waals surface area contributed by atoms with Crippen molar-refractivity contribution in [1.29, 1.82) is 0 Å². The van der Waals surface area contributed by atoms with Gasteiger partial charge in [-0.2, -0.15) is 0 Å². The summed E-state index contributed by atoms with van der Waals surface area (Å²) in [6, 6.07) is 3.80. The first-order valence-electron chi connectivity index (χ1n) is 10.4. The quantitative estimate of drug-likeness (QED) is 0.750. The Morgan fingerprint density at radius 1 is 1.18 bits per heavy atom. The minimum Gasteiger partial charge on any atom is -0.381 e. The van der Waals surface area contributed by atoms with E-state index < -0.39 is 0 Å². The maximum Gasteiger partial charge on any atom is 0.247 e. The highest BCUT2D eigenvalue weighted by atomic mass is 16.5. The molecule has 0 atom stereocenters. The third-order valence-corrected chi connectivity index (χ3v) is 6.59. The van der Waals surface area contributed by atoms with Crippen LogP contribution in [-0.4, -0.2) is 65.0 Å². The lowest BCUT2D eigenvalue weighted by atomic mass is 9.76. The molecule has 3 aliphatic rings. The molecular weight excluding hydrogens is 354 g/mol. The number of rotatable bonds is 4. The van der Waals surface area contributed by atoms with Crippen LogP contribution in [-0.2, 0) is 14.3 Å². The van der Waals surface area contributed by atoms with Gasteiger partial charge in [0.05, 0.1) is 0 Å². The summed E-state index contributed by atoms with van der Waals surface area (Å²) in [6.07, 6.45) is 12.4. The van der Waals surface area contributed by atoms with Crippen molar-refractivity contribution in [2.24, 2.45) is 5.92 Å². The third kappa shape index (κ3) is 4.12. The molecule has 4 rings (SSSR count). The fourth-order valence-electron chi connectivity index (χ4n) is 4.63. The summed E-state index contributed by atoms with van der Waals surface area (Å²) in [5.74, 6) is 0.809. The fourth-order valence-corrected chi connectivity index (χ4v) is 4.63. The predicted octanol–water partition coefficient (Wildman–Crippen LogP) is 2.51. The average Bonchev–Trinajstić information content (AvgIpc) is 2.73. The molecule has 28 heavy (non-hydrogen) atoms. The largest absolute Gasteiger partial charge is 0.381 e. The molecule has 1 aromatic rings. The molecule has 3 fully saturated rings. The number of hydrogen-bond donors (Lipinski definition) is 0. The summed E-state index contributed by atoms with van der Waals surface area (Å²) in [4.78, 5) is 33.4. The Morgan fingerprint density at radius 2 is 1.93 bits per heavy atom. The normalized spacial score (nSPS) is 22.4. The van der Waals surface area contributed by atoms with E-state index >= 15 is 0 Å². The first kappa shape index (κ1) is 19.1. The van der Waals surface area contributed by atoms with Gasteiger partial charge in [0.25, 0.3) is 0 Å². The van der Waals surface area contributed by atoms with Crippen molar-refractivity contribution in [1.82, 2.24) is 14.8 Å². The second kappa shape index (κ2) is 8.43. The van der Waals surface area contributed by atoms with Crippen molar-refractivity contribution < 1.29 is 14.3 Å². The molecule has 2 amide bonds. The molecule has 0 aliphatic carbocycles. The third-order valence-electron chi connectivity index (χ3n) is 6.59. The van der Waals surface area contributed by atoms with Gasteiger partial charge in [0.2, 0.25) is 11.8 Å². The first-order valence-corrected chi connectivity index (χ1v) is 10.4. The number of carbonyl (C=O) groups excluding carboxylic acids is 2. The van der Waals surface area contributed by atoms with Gasteiger partial charge in [-0.3, -0.25) is 14.6 Å². The lowest BCUT2D eigenvalue weighted by Gasteiger charge is -2.56. The number of hydrogen-bond acceptors (Lipinski definition) is 4. The Labute approximate surface area is 166 Å². The molecule has 0 N–H and O–H groups in total. The Balaban J connectivity index is 1.29. The molecule has 1 spiro atoms. The molecule has 1 aromatic heterocycles. The maximum absolute atomic E-state index is 12.7. The zero-order chi connectivity index (χ0) is 19.4. The van der Waals surface area contributed by atoms with Crippen LogP contribution in [0.15, 0.2) is 30.6 Å². The molecule has 0 saturated carbocycles. The number of carbonyl (C=O) groups is 2. The maximum atomic E-state index is 12.7. The van der Waals surface area contributed by atoms with Crippen LogP contribution >= 0.6 is 0 Å². The van der Waals surface area contributed by atoms with Gasteiger partial charge in [0.1, 0.15) is 0 Å². The summed E-state index contributed by atoms with van der Waals surface area (Å²) in [5, 5.41) is 0. The Hall–Kier alpha value is -2.21. The topological polar surface area (TPSA) is 62.7 Å². The van der Waals surface area contributed by atoms with E-state index in [4.69, 9.17) is 4.74 Å². The SMILES string of the molecule is O=C(CC1CCOCC1)N1CCC2(CC1)CCN2C(=O)/C=C/c1cccnc1. The summed E-state index contributed by atoms with van der Waals surface area (Å²) < 4.78 is 5.39.